The molecule has 0 heterocycles. The second kappa shape index (κ2) is 4.43. The molecule has 0 spiro atoms. The molecule has 0 aliphatic carbocycles. The predicted molar refractivity (Wildman–Crippen MR) is 56.8 cm³/mol. The van der Waals surface area contributed by atoms with Gasteiger partial charge in [-0.05, 0) is 30.2 Å². The molecule has 2 N–H and O–H groups in total. The molecule has 64 valence electrons. The fraction of sp³-hybridized carbons (Fsp3) is 0.200. The van der Waals surface area contributed by atoms with E-state index in [2.05, 4.69) is 22.5 Å². The van der Waals surface area contributed by atoms with Crippen molar-refractivity contribution < 1.29 is 0 Å². The first-order valence-corrected chi connectivity index (χ1v) is 4.67. The highest BCUT2D eigenvalue weighted by Gasteiger charge is 2.00. The highest BCUT2D eigenvalue weighted by atomic mass is 79.9. The van der Waals surface area contributed by atoms with E-state index in [1.54, 1.807) is 0 Å². The Bertz CT molecular complexity index is 281. The van der Waals surface area contributed by atoms with Gasteiger partial charge in [0.25, 0.3) is 0 Å². The second-order valence-corrected chi connectivity index (χ2v) is 3.48. The maximum absolute atomic E-state index is 5.44. The van der Waals surface area contributed by atoms with Gasteiger partial charge < -0.3 is 5.73 Å². The van der Waals surface area contributed by atoms with Crippen LogP contribution in [0.15, 0.2) is 35.3 Å². The predicted octanol–water partition coefficient (Wildman–Crippen LogP) is 2.81. The van der Waals surface area contributed by atoms with Crippen LogP contribution in [0.4, 0.5) is 0 Å². The van der Waals surface area contributed by atoms with Crippen molar-refractivity contribution in [3.05, 3.63) is 40.9 Å². The minimum atomic E-state index is 0.653. The van der Waals surface area contributed by atoms with Crippen LogP contribution < -0.4 is 5.73 Å². The summed E-state index contributed by atoms with van der Waals surface area (Å²) in [5, 5.41) is 0. The first-order valence-electron chi connectivity index (χ1n) is 3.88. The Hall–Kier alpha value is -0.600. The molecule has 0 fully saturated rings. The summed E-state index contributed by atoms with van der Waals surface area (Å²) in [4.78, 5) is 0. The minimum absolute atomic E-state index is 0.653. The van der Waals surface area contributed by atoms with Crippen LogP contribution in [0.2, 0.25) is 0 Å². The van der Waals surface area contributed by atoms with Gasteiger partial charge in [-0.1, -0.05) is 40.7 Å². The molecule has 0 bridgehead atoms. The summed E-state index contributed by atoms with van der Waals surface area (Å²) in [6, 6.07) is 8.05. The Morgan fingerprint density at radius 3 is 2.67 bits per heavy atom. The fourth-order valence-corrected chi connectivity index (χ4v) is 1.62. The normalized spacial score (nSPS) is 9.83. The number of rotatable bonds is 3. The third kappa shape index (κ3) is 2.19. The van der Waals surface area contributed by atoms with Gasteiger partial charge in [-0.3, -0.25) is 0 Å². The van der Waals surface area contributed by atoms with Crippen LogP contribution in [-0.2, 0) is 0 Å². The molecule has 0 aliphatic rings. The van der Waals surface area contributed by atoms with Crippen molar-refractivity contribution in [3.63, 3.8) is 0 Å². The molecule has 0 atom stereocenters. The van der Waals surface area contributed by atoms with Crippen LogP contribution in [0.5, 0.6) is 0 Å². The van der Waals surface area contributed by atoms with E-state index in [1.165, 1.54) is 0 Å². The second-order valence-electron chi connectivity index (χ2n) is 2.62. The highest BCUT2D eigenvalue weighted by Crippen LogP contribution is 2.24. The van der Waals surface area contributed by atoms with E-state index >= 15 is 0 Å². The van der Waals surface area contributed by atoms with Gasteiger partial charge >= 0.3 is 0 Å². The average Bonchev–Trinajstić information content (AvgIpc) is 2.05. The number of hydrogen-bond donors (Lipinski definition) is 1. The molecule has 1 aromatic carbocycles. The Labute approximate surface area is 81.4 Å². The number of benzene rings is 1. The van der Waals surface area contributed by atoms with E-state index in [9.17, 15) is 0 Å². The average molecular weight is 226 g/mol. The van der Waals surface area contributed by atoms with Gasteiger partial charge in [0, 0.05) is 4.47 Å². The maximum atomic E-state index is 5.44. The smallest absolute Gasteiger partial charge is 0.0250 e. The van der Waals surface area contributed by atoms with E-state index in [-0.39, 0.29) is 0 Å². The Balaban J connectivity index is 2.87. The monoisotopic (exact) mass is 225 g/mol. The van der Waals surface area contributed by atoms with Crippen molar-refractivity contribution >= 4 is 21.5 Å². The Morgan fingerprint density at radius 1 is 1.42 bits per heavy atom. The summed E-state index contributed by atoms with van der Waals surface area (Å²) >= 11 is 3.47. The molecule has 0 unspecified atom stereocenters. The van der Waals surface area contributed by atoms with E-state index < -0.39 is 0 Å². The lowest BCUT2D eigenvalue weighted by Gasteiger charge is -2.05. The van der Waals surface area contributed by atoms with E-state index in [1.807, 2.05) is 24.3 Å². The van der Waals surface area contributed by atoms with Gasteiger partial charge in [0.2, 0.25) is 0 Å². The molecule has 0 radical (unpaired) electrons. The molecule has 0 saturated heterocycles. The Morgan fingerprint density at radius 2 is 2.08 bits per heavy atom. The first-order chi connectivity index (χ1) is 5.75. The quantitative estimate of drug-likeness (QED) is 0.842. The molecular weight excluding hydrogens is 214 g/mol. The van der Waals surface area contributed by atoms with Crippen LogP contribution >= 0.6 is 15.9 Å². The molecule has 1 rings (SSSR count). The van der Waals surface area contributed by atoms with Gasteiger partial charge in [-0.25, -0.2) is 0 Å². The van der Waals surface area contributed by atoms with Gasteiger partial charge in [0.05, 0.1) is 0 Å². The topological polar surface area (TPSA) is 26.0 Å². The molecule has 12 heavy (non-hydrogen) atoms. The summed E-state index contributed by atoms with van der Waals surface area (Å²) < 4.78 is 1.09. The number of hydrogen-bond acceptors (Lipinski definition) is 1. The van der Waals surface area contributed by atoms with E-state index in [4.69, 9.17) is 5.73 Å². The summed E-state index contributed by atoms with van der Waals surface area (Å²) in [6.07, 6.45) is 0.850. The zero-order valence-corrected chi connectivity index (χ0v) is 8.47. The zero-order valence-electron chi connectivity index (χ0n) is 6.89. The van der Waals surface area contributed by atoms with E-state index in [0.717, 1.165) is 22.0 Å². The molecular formula is C10H12BrN. The Kier molecular flexibility index (Phi) is 3.50. The van der Waals surface area contributed by atoms with Gasteiger partial charge in [-0.15, -0.1) is 0 Å². The summed E-state index contributed by atoms with van der Waals surface area (Å²) in [5.41, 5.74) is 7.68. The molecule has 2 heteroatoms. The van der Waals surface area contributed by atoms with Crippen LogP contribution in [0, 0.1) is 0 Å². The van der Waals surface area contributed by atoms with Gasteiger partial charge in [0.1, 0.15) is 0 Å². The van der Waals surface area contributed by atoms with Crippen molar-refractivity contribution in [1.82, 2.24) is 0 Å². The summed E-state index contributed by atoms with van der Waals surface area (Å²) in [7, 11) is 0. The standard InChI is InChI=1S/C10H12BrN/c1-8(6-7-12)9-4-2-3-5-10(9)11/h2-5H,1,6-7,12H2. The van der Waals surface area contributed by atoms with Gasteiger partial charge in [-0.2, -0.15) is 0 Å². The van der Waals surface area contributed by atoms with Crippen molar-refractivity contribution in [3.8, 4) is 0 Å². The lowest BCUT2D eigenvalue weighted by molar-refractivity contribution is 1.02. The first kappa shape index (κ1) is 9.49. The molecule has 0 amide bonds. The van der Waals surface area contributed by atoms with Crippen LogP contribution in [0.25, 0.3) is 5.57 Å². The van der Waals surface area contributed by atoms with Crippen molar-refractivity contribution in [2.75, 3.05) is 6.54 Å². The third-order valence-corrected chi connectivity index (χ3v) is 2.39. The molecule has 1 aromatic rings. The van der Waals surface area contributed by atoms with Crippen molar-refractivity contribution in [2.45, 2.75) is 6.42 Å². The lowest BCUT2D eigenvalue weighted by atomic mass is 10.1. The zero-order chi connectivity index (χ0) is 8.97. The SMILES string of the molecule is C=C(CCN)c1ccccc1Br. The third-order valence-electron chi connectivity index (χ3n) is 1.70. The summed E-state index contributed by atoms with van der Waals surface area (Å²) in [5.74, 6) is 0. The fourth-order valence-electron chi connectivity index (χ4n) is 1.06. The van der Waals surface area contributed by atoms with Crippen molar-refractivity contribution in [2.24, 2.45) is 5.73 Å². The van der Waals surface area contributed by atoms with Crippen molar-refractivity contribution in [1.29, 1.82) is 0 Å². The lowest BCUT2D eigenvalue weighted by Crippen LogP contribution is -1.99. The molecule has 0 aliphatic heterocycles. The molecule has 1 nitrogen and oxygen atoms in total. The van der Waals surface area contributed by atoms with Gasteiger partial charge in [0.15, 0.2) is 0 Å². The molecule has 0 aromatic heterocycles. The highest BCUT2D eigenvalue weighted by molar-refractivity contribution is 9.10. The maximum Gasteiger partial charge on any atom is 0.0250 e. The number of halogens is 1. The number of nitrogens with two attached hydrogens (primary N) is 1. The summed E-state index contributed by atoms with van der Waals surface area (Å²) in [6.45, 7) is 4.62. The molecule has 0 saturated carbocycles. The van der Waals surface area contributed by atoms with Crippen LogP contribution in [0.1, 0.15) is 12.0 Å². The largest absolute Gasteiger partial charge is 0.330 e. The van der Waals surface area contributed by atoms with Crippen LogP contribution in [0.3, 0.4) is 0 Å². The van der Waals surface area contributed by atoms with Crippen LogP contribution in [-0.4, -0.2) is 6.54 Å². The minimum Gasteiger partial charge on any atom is -0.330 e. The van der Waals surface area contributed by atoms with E-state index in [0.29, 0.717) is 6.54 Å².